The average Bonchev–Trinajstić information content (AvgIpc) is 2.37. The van der Waals surface area contributed by atoms with Gasteiger partial charge in [0, 0.05) is 19.2 Å². The molecule has 0 saturated carbocycles. The predicted octanol–water partition coefficient (Wildman–Crippen LogP) is 2.01. The minimum atomic E-state index is -0.283. The van der Waals surface area contributed by atoms with Crippen LogP contribution in [0.1, 0.15) is 18.4 Å². The van der Waals surface area contributed by atoms with E-state index in [0.29, 0.717) is 6.54 Å². The van der Waals surface area contributed by atoms with E-state index in [9.17, 15) is 5.11 Å². The first-order valence-electron chi connectivity index (χ1n) is 5.89. The van der Waals surface area contributed by atoms with Gasteiger partial charge in [0.15, 0.2) is 0 Å². The molecule has 0 radical (unpaired) electrons. The van der Waals surface area contributed by atoms with Gasteiger partial charge >= 0.3 is 0 Å². The van der Waals surface area contributed by atoms with E-state index in [1.54, 1.807) is 6.08 Å². The van der Waals surface area contributed by atoms with Gasteiger partial charge in [-0.3, -0.25) is 0 Å². The van der Waals surface area contributed by atoms with Gasteiger partial charge in [0.2, 0.25) is 0 Å². The zero-order valence-corrected chi connectivity index (χ0v) is 9.71. The van der Waals surface area contributed by atoms with Crippen molar-refractivity contribution in [3.8, 4) is 6.07 Å². The maximum Gasteiger partial charge on any atom is 0.0934 e. The summed E-state index contributed by atoms with van der Waals surface area (Å²) in [5.74, 6) is 0. The Balaban J connectivity index is 2.25. The van der Waals surface area contributed by atoms with E-state index in [4.69, 9.17) is 5.26 Å². The third kappa shape index (κ3) is 2.86. The molecule has 1 unspecified atom stereocenters. The highest BCUT2D eigenvalue weighted by molar-refractivity contribution is 5.66. The lowest BCUT2D eigenvalue weighted by atomic mass is 10.0. The number of benzene rings is 1. The number of likely N-dealkylation sites (tertiary alicyclic amines) is 1. The molecular weight excluding hydrogens is 212 g/mol. The van der Waals surface area contributed by atoms with Gasteiger partial charge in [-0.1, -0.05) is 30.3 Å². The number of piperidine rings is 1. The van der Waals surface area contributed by atoms with Crippen molar-refractivity contribution in [1.29, 1.82) is 5.26 Å². The quantitative estimate of drug-likeness (QED) is 0.788. The molecule has 17 heavy (non-hydrogen) atoms. The van der Waals surface area contributed by atoms with E-state index in [1.165, 1.54) is 0 Å². The van der Waals surface area contributed by atoms with Crippen molar-refractivity contribution in [3.63, 3.8) is 0 Å². The Bertz CT molecular complexity index is 433. The molecule has 0 amide bonds. The van der Waals surface area contributed by atoms with Crippen molar-refractivity contribution in [2.75, 3.05) is 13.1 Å². The Morgan fingerprint density at radius 3 is 2.82 bits per heavy atom. The molecule has 1 fully saturated rings. The zero-order valence-electron chi connectivity index (χ0n) is 9.71. The summed E-state index contributed by atoms with van der Waals surface area (Å²) in [7, 11) is 0. The maximum atomic E-state index is 9.69. The lowest BCUT2D eigenvalue weighted by molar-refractivity contribution is 0.0988. The minimum Gasteiger partial charge on any atom is -0.391 e. The van der Waals surface area contributed by atoms with E-state index < -0.39 is 0 Å². The summed E-state index contributed by atoms with van der Waals surface area (Å²) in [6.45, 7) is 1.52. The molecule has 1 aliphatic rings. The Kier molecular flexibility index (Phi) is 3.79. The van der Waals surface area contributed by atoms with Gasteiger partial charge in [0.05, 0.1) is 17.9 Å². The van der Waals surface area contributed by atoms with Gasteiger partial charge in [-0.15, -0.1) is 0 Å². The molecule has 1 atom stereocenters. The highest BCUT2D eigenvalue weighted by Gasteiger charge is 2.20. The van der Waals surface area contributed by atoms with E-state index in [1.807, 2.05) is 30.3 Å². The van der Waals surface area contributed by atoms with Gasteiger partial charge in [-0.25, -0.2) is 0 Å². The van der Waals surface area contributed by atoms with Gasteiger partial charge in [-0.05, 0) is 18.4 Å². The number of aliphatic hydroxyl groups excluding tert-OH is 1. The smallest absolute Gasteiger partial charge is 0.0934 e. The molecular formula is C14H16N2O. The highest BCUT2D eigenvalue weighted by Crippen LogP contribution is 2.23. The Morgan fingerprint density at radius 2 is 2.18 bits per heavy atom. The lowest BCUT2D eigenvalue weighted by Gasteiger charge is -2.33. The van der Waals surface area contributed by atoms with Crippen molar-refractivity contribution in [1.82, 2.24) is 4.90 Å². The topological polar surface area (TPSA) is 47.3 Å². The summed E-state index contributed by atoms with van der Waals surface area (Å²) >= 11 is 0. The molecule has 1 aromatic carbocycles. The molecule has 0 spiro atoms. The van der Waals surface area contributed by atoms with Gasteiger partial charge in [0.1, 0.15) is 0 Å². The van der Waals surface area contributed by atoms with E-state index >= 15 is 0 Å². The normalized spacial score (nSPS) is 21.1. The molecule has 1 saturated heterocycles. The maximum absolute atomic E-state index is 9.69. The summed E-state index contributed by atoms with van der Waals surface area (Å²) in [6, 6.07) is 11.9. The number of nitrogens with zero attached hydrogens (tertiary/aromatic N) is 2. The number of hydrogen-bond acceptors (Lipinski definition) is 3. The third-order valence-electron chi connectivity index (χ3n) is 3.01. The number of β-amino-alcohol motifs (C(OH)–C–C–N with tert-alkyl or cyclic N) is 1. The zero-order chi connectivity index (χ0) is 12.1. The lowest BCUT2D eigenvalue weighted by Crippen LogP contribution is -2.36. The molecule has 2 rings (SSSR count). The van der Waals surface area contributed by atoms with Crippen LogP contribution in [0.2, 0.25) is 0 Å². The largest absolute Gasteiger partial charge is 0.391 e. The van der Waals surface area contributed by atoms with Crippen LogP contribution in [0.3, 0.4) is 0 Å². The summed E-state index contributed by atoms with van der Waals surface area (Å²) in [6.07, 6.45) is 3.10. The first kappa shape index (κ1) is 11.7. The summed E-state index contributed by atoms with van der Waals surface area (Å²) in [4.78, 5) is 2.09. The van der Waals surface area contributed by atoms with E-state index in [0.717, 1.165) is 30.6 Å². The van der Waals surface area contributed by atoms with Gasteiger partial charge in [-0.2, -0.15) is 5.26 Å². The van der Waals surface area contributed by atoms with Crippen LogP contribution in [-0.2, 0) is 0 Å². The monoisotopic (exact) mass is 228 g/mol. The number of rotatable bonds is 2. The van der Waals surface area contributed by atoms with Crippen molar-refractivity contribution >= 4 is 5.70 Å². The molecule has 3 heteroatoms. The number of hydrogen-bond donors (Lipinski definition) is 1. The third-order valence-corrected chi connectivity index (χ3v) is 3.01. The van der Waals surface area contributed by atoms with Crippen LogP contribution in [-0.4, -0.2) is 29.2 Å². The SMILES string of the molecule is N#C/C=C(\c1ccccc1)N1CCCC(O)C1. The molecule has 1 heterocycles. The Hall–Kier alpha value is -1.79. The number of allylic oxidation sites excluding steroid dienone is 1. The second-order valence-corrected chi connectivity index (χ2v) is 4.27. The van der Waals surface area contributed by atoms with Crippen LogP contribution in [0.15, 0.2) is 36.4 Å². The fraction of sp³-hybridized carbons (Fsp3) is 0.357. The molecule has 88 valence electrons. The number of nitriles is 1. The summed E-state index contributed by atoms with van der Waals surface area (Å²) in [5, 5.41) is 18.6. The highest BCUT2D eigenvalue weighted by atomic mass is 16.3. The molecule has 0 aliphatic carbocycles. The minimum absolute atomic E-state index is 0.283. The Labute approximate surface area is 102 Å². The Morgan fingerprint density at radius 1 is 1.41 bits per heavy atom. The average molecular weight is 228 g/mol. The molecule has 0 aromatic heterocycles. The summed E-state index contributed by atoms with van der Waals surface area (Å²) < 4.78 is 0. The molecule has 3 nitrogen and oxygen atoms in total. The fourth-order valence-corrected chi connectivity index (χ4v) is 2.20. The van der Waals surface area contributed by atoms with Crippen LogP contribution in [0.25, 0.3) is 5.70 Å². The fourth-order valence-electron chi connectivity index (χ4n) is 2.20. The molecule has 1 aliphatic heterocycles. The van der Waals surface area contributed by atoms with Crippen molar-refractivity contribution in [2.24, 2.45) is 0 Å². The van der Waals surface area contributed by atoms with Crippen LogP contribution in [0.4, 0.5) is 0 Å². The van der Waals surface area contributed by atoms with E-state index in [-0.39, 0.29) is 6.10 Å². The van der Waals surface area contributed by atoms with Crippen LogP contribution >= 0.6 is 0 Å². The second-order valence-electron chi connectivity index (χ2n) is 4.27. The van der Waals surface area contributed by atoms with Gasteiger partial charge < -0.3 is 10.0 Å². The first-order valence-corrected chi connectivity index (χ1v) is 5.89. The molecule has 1 N–H and O–H groups in total. The van der Waals surface area contributed by atoms with Crippen molar-refractivity contribution < 1.29 is 5.11 Å². The predicted molar refractivity (Wildman–Crippen MR) is 66.8 cm³/mol. The van der Waals surface area contributed by atoms with Crippen molar-refractivity contribution in [3.05, 3.63) is 42.0 Å². The standard InChI is InChI=1S/C14H16N2O/c15-9-8-14(12-5-2-1-3-6-12)16-10-4-7-13(17)11-16/h1-3,5-6,8,13,17H,4,7,10-11H2/b14-8+. The van der Waals surface area contributed by atoms with Crippen molar-refractivity contribution in [2.45, 2.75) is 18.9 Å². The second kappa shape index (κ2) is 5.51. The molecule has 0 bridgehead atoms. The van der Waals surface area contributed by atoms with Crippen LogP contribution < -0.4 is 0 Å². The summed E-state index contributed by atoms with van der Waals surface area (Å²) in [5.41, 5.74) is 1.94. The number of aliphatic hydroxyl groups is 1. The molecule has 1 aromatic rings. The van der Waals surface area contributed by atoms with Crippen LogP contribution in [0.5, 0.6) is 0 Å². The van der Waals surface area contributed by atoms with E-state index in [2.05, 4.69) is 11.0 Å². The first-order chi connectivity index (χ1) is 8.31. The van der Waals surface area contributed by atoms with Gasteiger partial charge in [0.25, 0.3) is 0 Å². The van der Waals surface area contributed by atoms with Crippen LogP contribution in [0, 0.1) is 11.3 Å².